The normalized spacial score (nSPS) is 23.2. The first-order chi connectivity index (χ1) is 20.5. The van der Waals surface area contributed by atoms with E-state index in [1.54, 1.807) is 5.38 Å². The van der Waals surface area contributed by atoms with Gasteiger partial charge in [0.05, 0.1) is 18.5 Å². The van der Waals surface area contributed by atoms with E-state index in [1.165, 1.54) is 24.1 Å². The van der Waals surface area contributed by atoms with Crippen LogP contribution in [-0.2, 0) is 45.8 Å². The first-order valence-corrected chi connectivity index (χ1v) is 17.4. The van der Waals surface area contributed by atoms with Crippen molar-refractivity contribution in [1.82, 2.24) is 19.5 Å². The second kappa shape index (κ2) is 13.5. The number of methoxy groups -OCH3 is 1. The predicted molar refractivity (Wildman–Crippen MR) is 149 cm³/mol. The molecule has 1 saturated heterocycles. The average molecular weight is 717 g/mol. The predicted octanol–water partition coefficient (Wildman–Crippen LogP) is 1.28. The van der Waals surface area contributed by atoms with E-state index >= 15 is 0 Å². The fourth-order valence-corrected chi connectivity index (χ4v) is 8.00. The highest BCUT2D eigenvalue weighted by molar-refractivity contribution is 7.71. The number of phosphoric acid groups is 3. The van der Waals surface area contributed by atoms with Crippen LogP contribution in [0.5, 0.6) is 0 Å². The number of aromatic nitrogens is 4. The van der Waals surface area contributed by atoms with Gasteiger partial charge in [-0.3, -0.25) is 13.9 Å². The zero-order valence-electron chi connectivity index (χ0n) is 21.9. The summed E-state index contributed by atoms with van der Waals surface area (Å²) in [4.78, 5) is 60.4. The van der Waals surface area contributed by atoms with Crippen LogP contribution in [0.4, 0.5) is 10.9 Å². The third-order valence-electron chi connectivity index (χ3n) is 5.56. The van der Waals surface area contributed by atoms with Crippen molar-refractivity contribution < 1.29 is 65.4 Å². The monoisotopic (exact) mass is 717 g/mol. The molecule has 1 fully saturated rings. The molecule has 240 valence electrons. The van der Waals surface area contributed by atoms with E-state index in [1.807, 2.05) is 6.07 Å². The third kappa shape index (κ3) is 8.41. The van der Waals surface area contributed by atoms with Crippen LogP contribution in [0.3, 0.4) is 0 Å². The average Bonchev–Trinajstić information content (AvgIpc) is 3.60. The van der Waals surface area contributed by atoms with E-state index in [0.717, 1.165) is 11.3 Å². The number of nitrogens with zero attached hydrogens (tertiary/aromatic N) is 4. The Morgan fingerprint density at radius 3 is 2.66 bits per heavy atom. The summed E-state index contributed by atoms with van der Waals surface area (Å²) in [6.45, 7) is -1.57. The minimum Gasteiger partial charge on any atom is -0.374 e. The summed E-state index contributed by atoms with van der Waals surface area (Å²) >= 11 is 6.28. The number of carbonyl (C=O) groups is 1. The van der Waals surface area contributed by atoms with Crippen LogP contribution in [0, 0.1) is 16.0 Å². The minimum absolute atomic E-state index is 0.0564. The molecular formula is C18H22N7O14P3S2. The Kier molecular flexibility index (Phi) is 10.5. The van der Waals surface area contributed by atoms with Crippen LogP contribution in [0.1, 0.15) is 11.8 Å². The van der Waals surface area contributed by atoms with E-state index in [2.05, 4.69) is 28.9 Å². The standard InChI is InChI=1S/C18H22N7O14P3S2/c1-34-13-12(35-6-10(26)22-16-8(4-19)2-3-44-16)9(5-36-41(30,31)39-42(32,33)38-40(27,28)29)37-17(13)25-7-21-11-14(25)23-18(20)24-15(11)43/h2-3,7,9,12-13,17H,5-6H2,1H3,(H,22,26)(H,30,31)(H,32,33)(H2,27,28,29)(H3,20,23,24,43). The van der Waals surface area contributed by atoms with E-state index < -0.39 is 67.1 Å². The molecular weight excluding hydrogens is 695 g/mol. The fourth-order valence-electron chi connectivity index (χ4n) is 3.96. The van der Waals surface area contributed by atoms with E-state index in [-0.39, 0.29) is 32.3 Å². The van der Waals surface area contributed by atoms with Crippen LogP contribution in [-0.4, -0.2) is 83.6 Å². The number of rotatable bonds is 13. The van der Waals surface area contributed by atoms with Crippen molar-refractivity contribution in [3.8, 4) is 6.07 Å². The first-order valence-electron chi connectivity index (χ1n) is 11.6. The van der Waals surface area contributed by atoms with Crippen molar-refractivity contribution in [2.75, 3.05) is 31.4 Å². The van der Waals surface area contributed by atoms with E-state index in [9.17, 15) is 28.3 Å². The molecule has 1 aliphatic heterocycles. The number of amides is 1. The quantitative estimate of drug-likeness (QED) is 0.0967. The summed E-state index contributed by atoms with van der Waals surface area (Å²) in [5.41, 5.74) is 6.47. The number of ether oxygens (including phenoxy) is 3. The van der Waals surface area contributed by atoms with Crippen molar-refractivity contribution in [3.63, 3.8) is 0 Å². The Balaban J connectivity index is 1.58. The number of carbonyl (C=O) groups excluding carboxylic acids is 1. The maximum absolute atomic E-state index is 12.6. The number of anilines is 2. The van der Waals surface area contributed by atoms with Crippen molar-refractivity contribution in [2.24, 2.45) is 0 Å². The lowest BCUT2D eigenvalue weighted by Crippen LogP contribution is -2.39. The summed E-state index contributed by atoms with van der Waals surface area (Å²) < 4.78 is 66.0. The van der Waals surface area contributed by atoms with Gasteiger partial charge in [-0.2, -0.15) is 13.9 Å². The van der Waals surface area contributed by atoms with Crippen LogP contribution in [0.2, 0.25) is 0 Å². The van der Waals surface area contributed by atoms with Crippen LogP contribution >= 0.6 is 47.0 Å². The smallest absolute Gasteiger partial charge is 0.374 e. The number of fused-ring (bicyclic) bond motifs is 1. The number of aromatic amines is 1. The molecule has 6 atom stereocenters. The largest absolute Gasteiger partial charge is 0.490 e. The SMILES string of the molecule is COC1C(OCC(=O)Nc2sccc2C#N)C(COP(=O)(O)OP(=O)(O)OP(=O)(O)O)OC1n1cnc2c(=S)nc(N)[nH]c21. The number of nitriles is 1. The highest BCUT2D eigenvalue weighted by atomic mass is 32.1. The number of H-pyrrole nitrogens is 1. The topological polar surface area (TPSA) is 313 Å². The number of imidazole rings is 1. The minimum atomic E-state index is -5.80. The Hall–Kier alpha value is -2.48. The third-order valence-corrected chi connectivity index (χ3v) is 10.5. The zero-order valence-corrected chi connectivity index (χ0v) is 26.2. The Bertz CT molecular complexity index is 1790. The van der Waals surface area contributed by atoms with Gasteiger partial charge in [0.2, 0.25) is 0 Å². The first kappa shape index (κ1) is 34.4. The summed E-state index contributed by atoms with van der Waals surface area (Å²) in [6.07, 6.45) is -3.59. The van der Waals surface area contributed by atoms with Gasteiger partial charge in [-0.05, 0) is 11.4 Å². The molecule has 1 amide bonds. The highest BCUT2D eigenvalue weighted by Crippen LogP contribution is 2.66. The van der Waals surface area contributed by atoms with Gasteiger partial charge in [0.1, 0.15) is 47.2 Å². The molecule has 0 spiro atoms. The molecule has 3 aromatic heterocycles. The number of nitrogens with two attached hydrogens (primary N) is 1. The molecule has 3 aromatic rings. The lowest BCUT2D eigenvalue weighted by atomic mass is 10.1. The van der Waals surface area contributed by atoms with Gasteiger partial charge in [0.15, 0.2) is 16.8 Å². The van der Waals surface area contributed by atoms with Gasteiger partial charge in [-0.25, -0.2) is 23.7 Å². The Morgan fingerprint density at radius 2 is 2.00 bits per heavy atom. The van der Waals surface area contributed by atoms with Crippen LogP contribution in [0.15, 0.2) is 17.8 Å². The molecule has 21 nitrogen and oxygen atoms in total. The van der Waals surface area contributed by atoms with Crippen LogP contribution in [0.25, 0.3) is 11.2 Å². The maximum Gasteiger partial charge on any atom is 0.490 e. The molecule has 4 heterocycles. The molecule has 6 unspecified atom stereocenters. The van der Waals surface area contributed by atoms with Gasteiger partial charge in [-0.1, -0.05) is 12.2 Å². The number of phosphoric ester groups is 1. The molecule has 0 aliphatic carbocycles. The summed E-state index contributed by atoms with van der Waals surface area (Å²) in [5.74, 6) is -0.750. The number of thiophene rings is 1. The van der Waals surface area contributed by atoms with E-state index in [4.69, 9.17) is 51.7 Å². The summed E-state index contributed by atoms with van der Waals surface area (Å²) in [7, 11) is -15.7. The lowest BCUT2D eigenvalue weighted by molar-refractivity contribution is -0.127. The van der Waals surface area contributed by atoms with Crippen LogP contribution < -0.4 is 11.1 Å². The summed E-state index contributed by atoms with van der Waals surface area (Å²) in [5, 5.41) is 13.5. The molecule has 44 heavy (non-hydrogen) atoms. The molecule has 0 saturated carbocycles. The highest BCUT2D eigenvalue weighted by Gasteiger charge is 2.49. The fraction of sp³-hybridized carbons (Fsp3) is 0.389. The molecule has 1 aliphatic rings. The molecule has 8 N–H and O–H groups in total. The second-order valence-electron chi connectivity index (χ2n) is 8.53. The van der Waals surface area contributed by atoms with Crippen molar-refractivity contribution in [3.05, 3.63) is 28.0 Å². The molecule has 4 rings (SSSR count). The number of nitrogen functional groups attached to an aromatic ring is 1. The molecule has 26 heteroatoms. The molecule has 0 bridgehead atoms. The Labute approximate surface area is 254 Å². The molecule has 0 aromatic carbocycles. The zero-order chi connectivity index (χ0) is 32.4. The lowest BCUT2D eigenvalue weighted by Gasteiger charge is -2.24. The van der Waals surface area contributed by atoms with Gasteiger partial charge < -0.3 is 49.8 Å². The van der Waals surface area contributed by atoms with Crippen molar-refractivity contribution in [1.29, 1.82) is 5.26 Å². The second-order valence-corrected chi connectivity index (χ2v) is 14.3. The van der Waals surface area contributed by atoms with Gasteiger partial charge in [0.25, 0.3) is 5.91 Å². The molecule has 0 radical (unpaired) electrons. The number of hydrogen-bond donors (Lipinski definition) is 7. The Morgan fingerprint density at radius 1 is 1.27 bits per heavy atom. The number of hydrogen-bond acceptors (Lipinski definition) is 16. The van der Waals surface area contributed by atoms with Gasteiger partial charge >= 0.3 is 23.5 Å². The van der Waals surface area contributed by atoms with Crippen molar-refractivity contribution >= 4 is 75.0 Å². The number of nitrogens with one attached hydrogen (secondary N) is 2. The maximum atomic E-state index is 12.6. The van der Waals surface area contributed by atoms with Crippen molar-refractivity contribution in [2.45, 2.75) is 24.5 Å². The van der Waals surface area contributed by atoms with Gasteiger partial charge in [-0.15, -0.1) is 11.3 Å². The summed E-state index contributed by atoms with van der Waals surface area (Å²) in [6, 6.07) is 3.42. The van der Waals surface area contributed by atoms with Gasteiger partial charge in [0, 0.05) is 7.11 Å². The van der Waals surface area contributed by atoms with E-state index in [0.29, 0.717) is 0 Å².